The predicted molar refractivity (Wildman–Crippen MR) is 80.5 cm³/mol. The highest BCUT2D eigenvalue weighted by Crippen LogP contribution is 2.55. The van der Waals surface area contributed by atoms with Crippen LogP contribution in [0.25, 0.3) is 5.57 Å². The maximum Gasteiger partial charge on any atom is 0.0388 e. The molecule has 1 saturated carbocycles. The van der Waals surface area contributed by atoms with Gasteiger partial charge in [0.05, 0.1) is 0 Å². The molecule has 0 spiro atoms. The van der Waals surface area contributed by atoms with E-state index in [1.54, 1.807) is 0 Å². The van der Waals surface area contributed by atoms with Gasteiger partial charge in [-0.05, 0) is 48.9 Å². The topological polar surface area (TPSA) is 12.0 Å². The number of allylic oxidation sites excluding steroid dienone is 2. The molecule has 0 saturated heterocycles. The Morgan fingerprint density at radius 1 is 1.33 bits per heavy atom. The van der Waals surface area contributed by atoms with Crippen LogP contribution < -0.4 is 5.32 Å². The van der Waals surface area contributed by atoms with Gasteiger partial charge < -0.3 is 5.32 Å². The first-order valence-electron chi connectivity index (χ1n) is 6.53. The summed E-state index contributed by atoms with van der Waals surface area (Å²) in [6, 6.07) is 6.41. The van der Waals surface area contributed by atoms with Crippen LogP contribution in [-0.4, -0.2) is 0 Å². The number of rotatable bonds is 4. The van der Waals surface area contributed by atoms with E-state index in [2.05, 4.69) is 57.4 Å². The van der Waals surface area contributed by atoms with Crippen molar-refractivity contribution in [1.82, 2.24) is 0 Å². The maximum atomic E-state index is 4.17. The zero-order valence-electron chi connectivity index (χ0n) is 11.9. The third-order valence-electron chi connectivity index (χ3n) is 3.94. The third kappa shape index (κ3) is 2.50. The third-order valence-corrected chi connectivity index (χ3v) is 3.94. The molecule has 1 fully saturated rings. The Labute approximate surface area is 111 Å². The van der Waals surface area contributed by atoms with E-state index >= 15 is 0 Å². The van der Waals surface area contributed by atoms with Gasteiger partial charge in [-0.3, -0.25) is 0 Å². The highest BCUT2D eigenvalue weighted by molar-refractivity contribution is 5.69. The zero-order valence-corrected chi connectivity index (χ0v) is 11.9. The van der Waals surface area contributed by atoms with Crippen molar-refractivity contribution in [3.63, 3.8) is 0 Å². The van der Waals surface area contributed by atoms with E-state index < -0.39 is 0 Å². The second kappa shape index (κ2) is 4.31. The largest absolute Gasteiger partial charge is 0.359 e. The molecule has 1 atom stereocenters. The summed E-state index contributed by atoms with van der Waals surface area (Å²) < 4.78 is 0. The molecular weight excluding hydrogens is 218 g/mol. The van der Waals surface area contributed by atoms with Gasteiger partial charge in [0.25, 0.3) is 0 Å². The summed E-state index contributed by atoms with van der Waals surface area (Å²) in [6.07, 6.45) is 1.23. The van der Waals surface area contributed by atoms with Crippen LogP contribution in [0.5, 0.6) is 0 Å². The number of hydrogen-bond donors (Lipinski definition) is 1. The molecule has 1 heteroatoms. The Balaban J connectivity index is 2.13. The second-order valence-corrected chi connectivity index (χ2v) is 6.21. The number of nitrogens with one attached hydrogen (secondary N) is 1. The monoisotopic (exact) mass is 241 g/mol. The highest BCUT2D eigenvalue weighted by atomic mass is 14.9. The molecule has 2 rings (SSSR count). The quantitative estimate of drug-likeness (QED) is 0.782. The van der Waals surface area contributed by atoms with E-state index in [9.17, 15) is 0 Å². The van der Waals surface area contributed by atoms with Gasteiger partial charge >= 0.3 is 0 Å². The van der Waals surface area contributed by atoms with E-state index in [0.29, 0.717) is 11.3 Å². The molecule has 0 amide bonds. The van der Waals surface area contributed by atoms with Gasteiger partial charge in [-0.2, -0.15) is 0 Å². The second-order valence-electron chi connectivity index (χ2n) is 6.21. The molecule has 0 bridgehead atoms. The fourth-order valence-corrected chi connectivity index (χ4v) is 2.49. The molecule has 1 aliphatic rings. The number of aryl methyl sites for hydroxylation is 1. The van der Waals surface area contributed by atoms with Gasteiger partial charge in [-0.25, -0.2) is 0 Å². The van der Waals surface area contributed by atoms with Crippen LogP contribution in [0.4, 0.5) is 5.69 Å². The first-order chi connectivity index (χ1) is 8.31. The van der Waals surface area contributed by atoms with E-state index in [0.717, 1.165) is 17.0 Å². The fourth-order valence-electron chi connectivity index (χ4n) is 2.49. The predicted octanol–water partition coefficient (Wildman–Crippen LogP) is 5.00. The molecule has 1 aromatic rings. The highest BCUT2D eigenvalue weighted by Gasteiger charge is 2.47. The van der Waals surface area contributed by atoms with Gasteiger partial charge in [0, 0.05) is 17.3 Å². The lowest BCUT2D eigenvalue weighted by Crippen LogP contribution is -2.04. The van der Waals surface area contributed by atoms with Gasteiger partial charge in [0.2, 0.25) is 0 Å². The first-order valence-corrected chi connectivity index (χ1v) is 6.53. The van der Waals surface area contributed by atoms with Crippen LogP contribution in [0.15, 0.2) is 37.1 Å². The molecule has 18 heavy (non-hydrogen) atoms. The van der Waals surface area contributed by atoms with Gasteiger partial charge in [-0.1, -0.05) is 38.6 Å². The van der Waals surface area contributed by atoms with Crippen LogP contribution in [-0.2, 0) is 0 Å². The fraction of sp³-hybridized carbons (Fsp3) is 0.412. The molecular formula is C17H23N. The summed E-state index contributed by atoms with van der Waals surface area (Å²) in [6.45, 7) is 16.9. The van der Waals surface area contributed by atoms with Crippen molar-refractivity contribution in [1.29, 1.82) is 0 Å². The van der Waals surface area contributed by atoms with Crippen molar-refractivity contribution in [2.24, 2.45) is 11.3 Å². The Kier molecular flexibility index (Phi) is 3.10. The maximum absolute atomic E-state index is 4.17. The van der Waals surface area contributed by atoms with E-state index in [-0.39, 0.29) is 0 Å². The van der Waals surface area contributed by atoms with E-state index in [1.165, 1.54) is 17.5 Å². The molecule has 1 aliphatic carbocycles. The van der Waals surface area contributed by atoms with Crippen molar-refractivity contribution >= 4 is 11.3 Å². The summed E-state index contributed by atoms with van der Waals surface area (Å²) in [5.74, 6) is 0.604. The normalized spacial score (nSPS) is 20.3. The summed E-state index contributed by atoms with van der Waals surface area (Å²) in [7, 11) is 0. The molecule has 0 radical (unpaired) electrons. The average molecular weight is 241 g/mol. The molecule has 0 aliphatic heterocycles. The molecule has 1 N–H and O–H groups in total. The van der Waals surface area contributed by atoms with Crippen molar-refractivity contribution in [3.05, 3.63) is 48.2 Å². The van der Waals surface area contributed by atoms with Crippen LogP contribution in [0.1, 0.15) is 38.3 Å². The molecule has 96 valence electrons. The van der Waals surface area contributed by atoms with Crippen LogP contribution in [0.3, 0.4) is 0 Å². The Bertz CT molecular complexity index is 508. The summed E-state index contributed by atoms with van der Waals surface area (Å²) >= 11 is 0. The molecule has 1 nitrogen and oxygen atoms in total. The van der Waals surface area contributed by atoms with Crippen molar-refractivity contribution < 1.29 is 0 Å². The summed E-state index contributed by atoms with van der Waals surface area (Å²) in [5, 5.41) is 3.45. The van der Waals surface area contributed by atoms with E-state index in [1.807, 2.05) is 6.92 Å². The minimum atomic E-state index is 0.423. The standard InChI is InChI=1S/C17H23N/c1-11(2)15-9-14(8-7-12(15)3)18-13(4)16-10-17(16,5)6/h7-9,16,18H,1,4,10H2,2-3,5-6H3. The zero-order chi connectivity index (χ0) is 13.5. The van der Waals surface area contributed by atoms with Crippen LogP contribution >= 0.6 is 0 Å². The molecule has 1 unspecified atom stereocenters. The Morgan fingerprint density at radius 2 is 1.94 bits per heavy atom. The SMILES string of the molecule is C=C(C)c1cc(NC(=C)C2CC2(C)C)ccc1C. The number of benzene rings is 1. The minimum Gasteiger partial charge on any atom is -0.359 e. The summed E-state index contributed by atoms with van der Waals surface area (Å²) in [4.78, 5) is 0. The van der Waals surface area contributed by atoms with Crippen LogP contribution in [0.2, 0.25) is 0 Å². The smallest absolute Gasteiger partial charge is 0.0388 e. The number of anilines is 1. The minimum absolute atomic E-state index is 0.423. The Morgan fingerprint density at radius 3 is 2.44 bits per heavy atom. The lowest BCUT2D eigenvalue weighted by Gasteiger charge is -2.14. The van der Waals surface area contributed by atoms with Gasteiger partial charge in [-0.15, -0.1) is 0 Å². The number of hydrogen-bond acceptors (Lipinski definition) is 1. The van der Waals surface area contributed by atoms with Crippen molar-refractivity contribution in [2.45, 2.75) is 34.1 Å². The lowest BCUT2D eigenvalue weighted by molar-refractivity contribution is 0.599. The van der Waals surface area contributed by atoms with Crippen LogP contribution in [0, 0.1) is 18.3 Å². The van der Waals surface area contributed by atoms with Gasteiger partial charge in [0.15, 0.2) is 0 Å². The van der Waals surface area contributed by atoms with Crippen molar-refractivity contribution in [3.8, 4) is 0 Å². The summed E-state index contributed by atoms with van der Waals surface area (Å²) in [5.41, 5.74) is 6.27. The first kappa shape index (κ1) is 12.9. The Hall–Kier alpha value is -1.50. The van der Waals surface area contributed by atoms with Crippen molar-refractivity contribution in [2.75, 3.05) is 5.32 Å². The average Bonchev–Trinajstić information content (AvgIpc) is 2.90. The molecule has 0 heterocycles. The molecule has 0 aromatic heterocycles. The molecule has 1 aromatic carbocycles. The van der Waals surface area contributed by atoms with Gasteiger partial charge in [0.1, 0.15) is 0 Å². The van der Waals surface area contributed by atoms with E-state index in [4.69, 9.17) is 0 Å². The lowest BCUT2D eigenvalue weighted by atomic mass is 10.0.